The van der Waals surface area contributed by atoms with Gasteiger partial charge in [0.2, 0.25) is 0 Å². The van der Waals surface area contributed by atoms with Gasteiger partial charge in [-0.2, -0.15) is 0 Å². The zero-order valence-electron chi connectivity index (χ0n) is 37.6. The highest BCUT2D eigenvalue weighted by Gasteiger charge is 2.36. The summed E-state index contributed by atoms with van der Waals surface area (Å²) in [7, 11) is -8.28. The van der Waals surface area contributed by atoms with Gasteiger partial charge in [0.1, 0.15) is 35.4 Å². The first-order valence-electron chi connectivity index (χ1n) is 21.1. The Morgan fingerprint density at radius 2 is 1.31 bits per heavy atom. The quantitative estimate of drug-likeness (QED) is 0.0652. The second-order valence-electron chi connectivity index (χ2n) is 17.0. The third-order valence-corrected chi connectivity index (χ3v) is 14.0. The lowest BCUT2D eigenvalue weighted by Crippen LogP contribution is -2.25. The molecule has 0 saturated heterocycles. The maximum atomic E-state index is 16.4. The number of phosphoric ester groups is 1. The Bertz CT molecular complexity index is 3040. The van der Waals surface area contributed by atoms with Gasteiger partial charge in [-0.3, -0.25) is 18.4 Å². The highest BCUT2D eigenvalue weighted by atomic mass is 35.5. The number of phosphoric acid groups is 1. The van der Waals surface area contributed by atoms with Crippen molar-refractivity contribution < 1.29 is 50.0 Å². The lowest BCUT2D eigenvalue weighted by molar-refractivity contribution is -0.144. The van der Waals surface area contributed by atoms with Crippen molar-refractivity contribution in [3.05, 3.63) is 201 Å². The summed E-state index contributed by atoms with van der Waals surface area (Å²) < 4.78 is 96.3. The minimum absolute atomic E-state index is 0.0261. The number of carbonyl (C=O) groups is 1. The van der Waals surface area contributed by atoms with E-state index in [-0.39, 0.29) is 47.9 Å². The number of aromatic nitrogens is 2. The van der Waals surface area contributed by atoms with Crippen LogP contribution in [0.2, 0.25) is 10.0 Å². The molecule has 0 aliphatic heterocycles. The first-order chi connectivity index (χ1) is 32.1. The molecule has 7 rings (SSSR count). The molecule has 0 bridgehead atoms. The zero-order chi connectivity index (χ0) is 49.0. The number of hydrogen-bond donors (Lipinski definition) is 1. The summed E-state index contributed by atoms with van der Waals surface area (Å²) in [5, 5.41) is 11.6. The fourth-order valence-corrected chi connectivity index (χ4v) is 10.3. The van der Waals surface area contributed by atoms with E-state index >= 15 is 8.78 Å². The van der Waals surface area contributed by atoms with Gasteiger partial charge in [-0.05, 0) is 104 Å². The third kappa shape index (κ3) is 11.9. The maximum absolute atomic E-state index is 16.4. The molecule has 0 atom stereocenters. The fourth-order valence-electron chi connectivity index (χ4n) is 7.35. The lowest BCUT2D eigenvalue weighted by Gasteiger charge is -2.28. The van der Waals surface area contributed by atoms with Crippen LogP contribution in [0.15, 0.2) is 145 Å². The molecule has 0 aliphatic rings. The fraction of sp³-hybridized carbons (Fsp3) is 0.216. The van der Waals surface area contributed by atoms with E-state index in [4.69, 9.17) is 46.5 Å². The van der Waals surface area contributed by atoms with E-state index in [1.807, 2.05) is 50.2 Å². The molecule has 0 spiro atoms. The van der Waals surface area contributed by atoms with E-state index in [2.05, 4.69) is 0 Å². The van der Waals surface area contributed by atoms with Gasteiger partial charge in [0.15, 0.2) is 9.84 Å². The molecule has 17 heteroatoms. The summed E-state index contributed by atoms with van der Waals surface area (Å²) in [6, 6.07) is 35.5. The Balaban J connectivity index is 1.07. The Labute approximate surface area is 403 Å². The Morgan fingerprint density at radius 3 is 1.85 bits per heavy atom. The minimum atomic E-state index is -4.16. The van der Waals surface area contributed by atoms with E-state index in [9.17, 15) is 22.9 Å². The van der Waals surface area contributed by atoms with Gasteiger partial charge in [-0.25, -0.2) is 26.7 Å². The van der Waals surface area contributed by atoms with Crippen molar-refractivity contribution in [3.8, 4) is 22.6 Å². The van der Waals surface area contributed by atoms with E-state index in [1.54, 1.807) is 56.3 Å². The highest BCUT2D eigenvalue weighted by molar-refractivity contribution is 7.90. The van der Waals surface area contributed by atoms with Crippen LogP contribution in [0.1, 0.15) is 67.0 Å². The molecule has 0 radical (unpaired) electrons. The van der Waals surface area contributed by atoms with Crippen LogP contribution in [0.4, 0.5) is 8.78 Å². The molecule has 0 saturated carbocycles. The van der Waals surface area contributed by atoms with Crippen molar-refractivity contribution in [2.24, 2.45) is 0 Å². The largest absolute Gasteiger partial charge is 0.530 e. The molecule has 0 unspecified atom stereocenters. The monoisotopic (exact) mass is 1000 g/mol. The first-order valence-corrected chi connectivity index (χ1v) is 25.2. The third-order valence-electron chi connectivity index (χ3n) is 10.9. The predicted octanol–water partition coefficient (Wildman–Crippen LogP) is 12.3. The molecule has 1 aromatic heterocycles. The Kier molecular flexibility index (Phi) is 15.1. The molecule has 1 N–H and O–H groups in total. The summed E-state index contributed by atoms with van der Waals surface area (Å²) >= 11 is 13.2. The number of imidazole rings is 1. The van der Waals surface area contributed by atoms with Crippen LogP contribution in [0.25, 0.3) is 16.8 Å². The molecule has 0 fully saturated rings. The van der Waals surface area contributed by atoms with Gasteiger partial charge in [0.25, 0.3) is 0 Å². The summed E-state index contributed by atoms with van der Waals surface area (Å²) in [5.74, 6) is -2.13. The number of nitrogens with zero attached hydrogens (tertiary/aromatic N) is 2. The normalized spacial score (nSPS) is 12.3. The number of aliphatic hydroxyl groups is 1. The molecular weight excluding hydrogens is 957 g/mol. The van der Waals surface area contributed by atoms with Gasteiger partial charge < -0.3 is 14.4 Å². The van der Waals surface area contributed by atoms with E-state index < -0.39 is 63.3 Å². The molecular formula is C51H47Cl2F2N2O9PS. The summed E-state index contributed by atoms with van der Waals surface area (Å²) in [5.41, 5.74) is 0.112. The molecule has 354 valence electrons. The van der Waals surface area contributed by atoms with Crippen molar-refractivity contribution in [3.63, 3.8) is 0 Å². The number of halogens is 4. The molecule has 0 aliphatic carbocycles. The maximum Gasteiger partial charge on any atom is 0.530 e. The average Bonchev–Trinajstić information content (AvgIpc) is 3.76. The number of sulfone groups is 1. The van der Waals surface area contributed by atoms with Crippen molar-refractivity contribution in [1.82, 2.24) is 9.55 Å². The van der Waals surface area contributed by atoms with Gasteiger partial charge in [-0.15, -0.1) is 0 Å². The van der Waals surface area contributed by atoms with Crippen molar-refractivity contribution in [2.45, 2.75) is 69.8 Å². The van der Waals surface area contributed by atoms with Crippen LogP contribution in [-0.4, -0.2) is 35.3 Å². The Hall–Kier alpha value is -5.70. The van der Waals surface area contributed by atoms with Crippen LogP contribution >= 0.6 is 31.0 Å². The SMILES string of the molecule is CC(C)(O)c1cn(-c2ccc(-c3cc(F)c(COC(=O)Cc4ccc(OP(=O)(OCc5ccccc5)OCc5ccccc5)cc4)c(S(C)(=O)=O)c3)cc2F)c(C(C)(C)c2c(Cl)cccc2Cl)n1. The van der Waals surface area contributed by atoms with Crippen LogP contribution in [0.5, 0.6) is 5.75 Å². The lowest BCUT2D eigenvalue weighted by atomic mass is 9.83. The van der Waals surface area contributed by atoms with Crippen molar-refractivity contribution in [1.29, 1.82) is 0 Å². The second kappa shape index (κ2) is 20.5. The minimum Gasteiger partial charge on any atom is -0.460 e. The summed E-state index contributed by atoms with van der Waals surface area (Å²) in [4.78, 5) is 17.3. The van der Waals surface area contributed by atoms with E-state index in [0.717, 1.165) is 29.5 Å². The number of carbonyl (C=O) groups excluding carboxylic acids is 1. The summed E-state index contributed by atoms with van der Waals surface area (Å²) in [6.45, 7) is 5.91. The molecule has 1 heterocycles. The molecule has 6 aromatic carbocycles. The standard InChI is InChI=1S/C51H47Cl2F2N2O9PS/c1-50(2,48-40(52)17-12-18-41(48)53)49-56-46(51(3,4)59)29-57(49)44-24-21-36(26-43(44)55)37-27-42(54)39(45(28-37)68(5,61)62)32-63-47(58)25-33-19-22-38(23-20-33)66-67(60,64-30-34-13-8-6-9-14-34)65-31-35-15-10-7-11-16-35/h6-24,26-29,59H,25,30-32H2,1-5H3. The summed E-state index contributed by atoms with van der Waals surface area (Å²) in [6.07, 6.45) is 2.11. The topological polar surface area (TPSA) is 143 Å². The number of rotatable bonds is 18. The van der Waals surface area contributed by atoms with Gasteiger partial charge >= 0.3 is 13.8 Å². The predicted molar refractivity (Wildman–Crippen MR) is 256 cm³/mol. The first kappa shape index (κ1) is 50.2. The van der Waals surface area contributed by atoms with E-state index in [0.29, 0.717) is 27.0 Å². The van der Waals surface area contributed by atoms with Crippen molar-refractivity contribution >= 4 is 46.8 Å². The second-order valence-corrected chi connectivity index (χ2v) is 21.4. The van der Waals surface area contributed by atoms with Crippen LogP contribution < -0.4 is 4.52 Å². The van der Waals surface area contributed by atoms with Gasteiger partial charge in [0, 0.05) is 33.6 Å². The van der Waals surface area contributed by atoms with Gasteiger partial charge in [-0.1, -0.05) is 108 Å². The smallest absolute Gasteiger partial charge is 0.460 e. The number of ether oxygens (including phenoxy) is 1. The average molecular weight is 1000 g/mol. The van der Waals surface area contributed by atoms with Crippen molar-refractivity contribution in [2.75, 3.05) is 6.26 Å². The zero-order valence-corrected chi connectivity index (χ0v) is 40.8. The molecule has 11 nitrogen and oxygen atoms in total. The van der Waals surface area contributed by atoms with Crippen LogP contribution in [0, 0.1) is 11.6 Å². The van der Waals surface area contributed by atoms with Crippen LogP contribution in [-0.2, 0) is 70.2 Å². The van der Waals surface area contributed by atoms with E-state index in [1.165, 1.54) is 53.2 Å². The number of benzene rings is 6. The number of hydrogen-bond acceptors (Lipinski definition) is 10. The van der Waals surface area contributed by atoms with Crippen LogP contribution in [0.3, 0.4) is 0 Å². The molecule has 68 heavy (non-hydrogen) atoms. The Morgan fingerprint density at radius 1 is 0.735 bits per heavy atom. The van der Waals surface area contributed by atoms with Gasteiger partial charge in [0.05, 0.1) is 41.3 Å². The molecule has 7 aromatic rings. The molecule has 0 amide bonds. The number of esters is 1. The highest BCUT2D eigenvalue weighted by Crippen LogP contribution is 2.51.